The number of pyridine rings is 1. The molecule has 23 heavy (non-hydrogen) atoms. The summed E-state index contributed by atoms with van der Waals surface area (Å²) in [6, 6.07) is 1.78. The van der Waals surface area contributed by atoms with Gasteiger partial charge in [-0.2, -0.15) is 5.26 Å². The van der Waals surface area contributed by atoms with E-state index in [9.17, 15) is 23.2 Å². The number of nitriles is 1. The normalized spacial score (nSPS) is 17.5. The number of fused-ring (bicyclic) bond motifs is 1. The lowest BCUT2D eigenvalue weighted by molar-refractivity contribution is 0.368. The minimum Gasteiger partial charge on any atom is -0.396 e. The first-order valence-corrected chi connectivity index (χ1v) is 6.98. The van der Waals surface area contributed by atoms with Crippen molar-refractivity contribution in [3.05, 3.63) is 44.9 Å². The Balaban J connectivity index is 3.14. The first kappa shape index (κ1) is 16.9. The molecular formula is C16H16F3N3O. The Morgan fingerprint density at radius 3 is 2.52 bits per heavy atom. The lowest BCUT2D eigenvalue weighted by atomic mass is 10.00. The molecule has 122 valence electrons. The summed E-state index contributed by atoms with van der Waals surface area (Å²) < 4.78 is 42.0. The van der Waals surface area contributed by atoms with E-state index in [-0.39, 0.29) is 11.9 Å². The molecule has 2 N–H and O–H groups in total. The maximum atomic E-state index is 14.2. The second-order valence-corrected chi connectivity index (χ2v) is 6.04. The number of hydrogen-bond donors (Lipinski definition) is 1. The molecule has 2 rings (SSSR count). The number of rotatable bonds is 2. The maximum absolute atomic E-state index is 14.2. The van der Waals surface area contributed by atoms with Gasteiger partial charge in [-0.15, -0.1) is 0 Å². The van der Waals surface area contributed by atoms with E-state index < -0.39 is 39.6 Å². The molecule has 0 amide bonds. The van der Waals surface area contributed by atoms with E-state index in [1.54, 1.807) is 19.9 Å². The molecule has 0 saturated carbocycles. The van der Waals surface area contributed by atoms with Crippen LogP contribution in [0.2, 0.25) is 0 Å². The van der Waals surface area contributed by atoms with Crippen LogP contribution in [0.1, 0.15) is 49.7 Å². The number of nitrogens with two attached hydrogens (primary N) is 1. The summed E-state index contributed by atoms with van der Waals surface area (Å²) in [5, 5.41) is 9.29. The van der Waals surface area contributed by atoms with Crippen LogP contribution in [0, 0.1) is 11.3 Å². The van der Waals surface area contributed by atoms with Crippen LogP contribution in [0.3, 0.4) is 0 Å². The third kappa shape index (κ3) is 2.44. The minimum absolute atomic E-state index is 0.217. The van der Waals surface area contributed by atoms with Crippen LogP contribution in [-0.4, -0.2) is 4.57 Å². The molecule has 7 heteroatoms. The lowest BCUT2D eigenvalue weighted by Gasteiger charge is -2.28. The summed E-state index contributed by atoms with van der Waals surface area (Å²) >= 11 is 0. The van der Waals surface area contributed by atoms with Crippen molar-refractivity contribution in [3.63, 3.8) is 0 Å². The zero-order valence-electron chi connectivity index (χ0n) is 13.0. The summed E-state index contributed by atoms with van der Waals surface area (Å²) in [5.74, 6) is -2.24. The molecule has 2 heterocycles. The van der Waals surface area contributed by atoms with Gasteiger partial charge in [0, 0.05) is 11.2 Å². The lowest BCUT2D eigenvalue weighted by Crippen LogP contribution is -2.31. The summed E-state index contributed by atoms with van der Waals surface area (Å²) in [6.45, 7) is 4.52. The smallest absolute Gasteiger partial charge is 0.209 e. The first-order valence-electron chi connectivity index (χ1n) is 6.98. The Morgan fingerprint density at radius 2 is 2.04 bits per heavy atom. The highest BCUT2D eigenvalue weighted by atomic mass is 19.2. The summed E-state index contributed by atoms with van der Waals surface area (Å²) in [7, 11) is 0. The summed E-state index contributed by atoms with van der Waals surface area (Å²) in [6.07, 6.45) is 0.582. The average molecular weight is 323 g/mol. The van der Waals surface area contributed by atoms with E-state index in [0.29, 0.717) is 18.5 Å². The molecule has 0 aromatic carbocycles. The van der Waals surface area contributed by atoms with Crippen LogP contribution in [-0.2, 0) is 12.0 Å². The Bertz CT molecular complexity index is 838. The molecule has 0 atom stereocenters. The van der Waals surface area contributed by atoms with Crippen LogP contribution in [0.15, 0.2) is 17.0 Å². The quantitative estimate of drug-likeness (QED) is 0.908. The molecule has 0 unspecified atom stereocenters. The summed E-state index contributed by atoms with van der Waals surface area (Å²) in [4.78, 5) is 12.5. The Kier molecular flexibility index (Phi) is 4.12. The highest BCUT2D eigenvalue weighted by Crippen LogP contribution is 2.38. The third-order valence-electron chi connectivity index (χ3n) is 4.13. The molecule has 1 aliphatic heterocycles. The molecule has 0 aliphatic carbocycles. The highest BCUT2D eigenvalue weighted by Gasteiger charge is 2.37. The molecular weight excluding hydrogens is 307 g/mol. The Labute approximate surface area is 131 Å². The molecule has 0 fully saturated rings. The SMILES string of the molecule is C/C(F)=C(/N)c1c(/C(F)=C/F)n2c(c(C#N)c1=O)CCC2(C)C. The maximum Gasteiger partial charge on any atom is 0.209 e. The van der Waals surface area contributed by atoms with Gasteiger partial charge in [-0.1, -0.05) is 0 Å². The van der Waals surface area contributed by atoms with Gasteiger partial charge in [0.05, 0.1) is 17.0 Å². The largest absolute Gasteiger partial charge is 0.396 e. The molecule has 1 aromatic rings. The fourth-order valence-corrected chi connectivity index (χ4v) is 2.98. The van der Waals surface area contributed by atoms with Crippen LogP contribution >= 0.6 is 0 Å². The van der Waals surface area contributed by atoms with Crippen LogP contribution in [0.5, 0.6) is 0 Å². The van der Waals surface area contributed by atoms with Crippen LogP contribution < -0.4 is 11.2 Å². The van der Waals surface area contributed by atoms with Crippen LogP contribution in [0.4, 0.5) is 13.2 Å². The van der Waals surface area contributed by atoms with Crippen molar-refractivity contribution < 1.29 is 13.2 Å². The number of hydrogen-bond acceptors (Lipinski definition) is 3. The molecule has 0 saturated heterocycles. The van der Waals surface area contributed by atoms with E-state index in [0.717, 1.165) is 6.92 Å². The van der Waals surface area contributed by atoms with Crippen molar-refractivity contribution in [1.29, 1.82) is 5.26 Å². The predicted molar refractivity (Wildman–Crippen MR) is 81.1 cm³/mol. The van der Waals surface area contributed by atoms with Crippen molar-refractivity contribution in [2.75, 3.05) is 0 Å². The Morgan fingerprint density at radius 1 is 1.43 bits per heavy atom. The van der Waals surface area contributed by atoms with E-state index in [1.807, 2.05) is 0 Å². The van der Waals surface area contributed by atoms with Crippen LogP contribution in [0.25, 0.3) is 11.5 Å². The number of allylic oxidation sites excluding steroid dienone is 1. The van der Waals surface area contributed by atoms with Crippen molar-refractivity contribution >= 4 is 11.5 Å². The van der Waals surface area contributed by atoms with E-state index in [4.69, 9.17) is 5.73 Å². The monoisotopic (exact) mass is 323 g/mol. The number of nitrogens with zero attached hydrogens (tertiary/aromatic N) is 2. The van der Waals surface area contributed by atoms with Crippen molar-refractivity contribution in [2.24, 2.45) is 5.73 Å². The average Bonchev–Trinajstić information content (AvgIpc) is 2.80. The zero-order chi connectivity index (χ0) is 17.5. The third-order valence-corrected chi connectivity index (χ3v) is 4.13. The van der Waals surface area contributed by atoms with Gasteiger partial charge in [-0.3, -0.25) is 4.79 Å². The van der Waals surface area contributed by atoms with Gasteiger partial charge in [0.15, 0.2) is 5.83 Å². The molecule has 0 radical (unpaired) electrons. The van der Waals surface area contributed by atoms with Gasteiger partial charge >= 0.3 is 0 Å². The van der Waals surface area contributed by atoms with Crippen molar-refractivity contribution in [3.8, 4) is 6.07 Å². The first-order chi connectivity index (χ1) is 10.7. The van der Waals surface area contributed by atoms with Crippen molar-refractivity contribution in [1.82, 2.24) is 4.57 Å². The van der Waals surface area contributed by atoms with Crippen molar-refractivity contribution in [2.45, 2.75) is 39.2 Å². The van der Waals surface area contributed by atoms with Gasteiger partial charge in [0.2, 0.25) is 5.43 Å². The Hall–Kier alpha value is -2.49. The topological polar surface area (TPSA) is 71.8 Å². The zero-order valence-corrected chi connectivity index (χ0v) is 13.0. The fraction of sp³-hybridized carbons (Fsp3) is 0.375. The van der Waals surface area contributed by atoms with E-state index >= 15 is 0 Å². The van der Waals surface area contributed by atoms with E-state index in [2.05, 4.69) is 0 Å². The second-order valence-electron chi connectivity index (χ2n) is 6.04. The van der Waals surface area contributed by atoms with Gasteiger partial charge < -0.3 is 10.3 Å². The molecule has 1 aliphatic rings. The minimum atomic E-state index is -1.33. The second kappa shape index (κ2) is 5.61. The highest BCUT2D eigenvalue weighted by molar-refractivity contribution is 5.76. The van der Waals surface area contributed by atoms with Gasteiger partial charge in [-0.25, -0.2) is 13.2 Å². The number of aromatic nitrogens is 1. The molecule has 0 bridgehead atoms. The molecule has 4 nitrogen and oxygen atoms in total. The van der Waals surface area contributed by atoms with Gasteiger partial charge in [-0.05, 0) is 33.6 Å². The molecule has 0 spiro atoms. The number of halogens is 3. The standard InChI is InChI=1S/C16H16F3N3O/c1-8(18)13(21)12-14(10(19)6-17)22-11(4-5-16(22,2)3)9(7-20)15(12)23/h6H,4-5,21H2,1-3H3/b10-6-,13-8-. The predicted octanol–water partition coefficient (Wildman–Crippen LogP) is 3.26. The fourth-order valence-electron chi connectivity index (χ4n) is 2.98. The van der Waals surface area contributed by atoms with Gasteiger partial charge in [0.25, 0.3) is 0 Å². The summed E-state index contributed by atoms with van der Waals surface area (Å²) in [5.41, 5.74) is 2.58. The van der Waals surface area contributed by atoms with E-state index in [1.165, 1.54) is 4.57 Å². The molecule has 1 aromatic heterocycles. The van der Waals surface area contributed by atoms with Gasteiger partial charge in [0.1, 0.15) is 23.8 Å².